The maximum Gasteiger partial charge on any atom is 0.291 e. The summed E-state index contributed by atoms with van der Waals surface area (Å²) in [5.74, 6) is 0.733. The first kappa shape index (κ1) is 12.0. The van der Waals surface area contributed by atoms with Crippen LogP contribution in [-0.4, -0.2) is 38.3 Å². The van der Waals surface area contributed by atoms with E-state index in [2.05, 4.69) is 20.5 Å². The number of H-pyrrole nitrogens is 1. The van der Waals surface area contributed by atoms with E-state index in [1.807, 2.05) is 13.8 Å². The number of amides is 1. The van der Waals surface area contributed by atoms with Crippen LogP contribution in [-0.2, 0) is 0 Å². The molecule has 1 heterocycles. The molecular weight excluding hydrogens is 220 g/mol. The molecule has 17 heavy (non-hydrogen) atoms. The minimum Gasteiger partial charge on any atom is -0.394 e. The molecule has 0 atom stereocenters. The van der Waals surface area contributed by atoms with Gasteiger partial charge in [0.25, 0.3) is 5.91 Å². The van der Waals surface area contributed by atoms with E-state index in [0.29, 0.717) is 5.82 Å². The van der Waals surface area contributed by atoms with Gasteiger partial charge in [-0.3, -0.25) is 9.89 Å². The Bertz CT molecular complexity index is 404. The fourth-order valence-electron chi connectivity index (χ4n) is 1.86. The highest BCUT2D eigenvalue weighted by Crippen LogP contribution is 2.31. The number of aliphatic hydroxyl groups excluding tert-OH is 1. The zero-order chi connectivity index (χ0) is 12.5. The molecule has 0 radical (unpaired) electrons. The van der Waals surface area contributed by atoms with Crippen molar-refractivity contribution in [3.8, 4) is 0 Å². The molecule has 1 aliphatic rings. The minimum atomic E-state index is -0.449. The number of aromatic amines is 1. The van der Waals surface area contributed by atoms with Crippen molar-refractivity contribution < 1.29 is 9.90 Å². The number of carbonyl (C=O) groups is 1. The molecule has 0 unspecified atom stereocenters. The van der Waals surface area contributed by atoms with E-state index in [-0.39, 0.29) is 24.3 Å². The van der Waals surface area contributed by atoms with Crippen molar-refractivity contribution in [2.45, 2.75) is 44.6 Å². The molecule has 94 valence electrons. The normalized spacial score (nSPS) is 17.9. The SMILES string of the molecule is CC(C)c1nc(C(=O)NC2(CO)CCC2)n[nH]1. The largest absolute Gasteiger partial charge is 0.394 e. The second-order valence-corrected chi connectivity index (χ2v) is 4.95. The van der Waals surface area contributed by atoms with Crippen LogP contribution >= 0.6 is 0 Å². The Morgan fingerprint density at radius 3 is 2.71 bits per heavy atom. The average molecular weight is 238 g/mol. The van der Waals surface area contributed by atoms with Crippen LogP contribution in [0.3, 0.4) is 0 Å². The van der Waals surface area contributed by atoms with Gasteiger partial charge in [-0.25, -0.2) is 4.98 Å². The van der Waals surface area contributed by atoms with E-state index in [4.69, 9.17) is 0 Å². The molecule has 6 nitrogen and oxygen atoms in total. The van der Waals surface area contributed by atoms with Gasteiger partial charge in [-0.05, 0) is 19.3 Å². The van der Waals surface area contributed by atoms with E-state index in [9.17, 15) is 9.90 Å². The molecule has 0 aromatic carbocycles. The van der Waals surface area contributed by atoms with E-state index in [1.165, 1.54) is 0 Å². The number of carbonyl (C=O) groups excluding carboxylic acids is 1. The molecule has 1 aliphatic carbocycles. The van der Waals surface area contributed by atoms with Crippen LogP contribution in [0.1, 0.15) is 55.5 Å². The van der Waals surface area contributed by atoms with Crippen LogP contribution in [0.25, 0.3) is 0 Å². The van der Waals surface area contributed by atoms with Crippen LogP contribution in [0.15, 0.2) is 0 Å². The van der Waals surface area contributed by atoms with Crippen molar-refractivity contribution in [2.24, 2.45) is 0 Å². The highest BCUT2D eigenvalue weighted by molar-refractivity contribution is 5.91. The van der Waals surface area contributed by atoms with Gasteiger partial charge in [-0.1, -0.05) is 13.8 Å². The summed E-state index contributed by atoms with van der Waals surface area (Å²) in [5, 5.41) is 18.7. The van der Waals surface area contributed by atoms with Crippen LogP contribution in [0, 0.1) is 0 Å². The van der Waals surface area contributed by atoms with Crippen molar-refractivity contribution in [3.63, 3.8) is 0 Å². The Morgan fingerprint density at radius 2 is 2.29 bits per heavy atom. The van der Waals surface area contributed by atoms with Gasteiger partial charge in [0, 0.05) is 5.92 Å². The number of hydrogen-bond acceptors (Lipinski definition) is 4. The fraction of sp³-hybridized carbons (Fsp3) is 0.727. The number of aromatic nitrogens is 3. The first-order valence-corrected chi connectivity index (χ1v) is 5.92. The van der Waals surface area contributed by atoms with Gasteiger partial charge in [-0.2, -0.15) is 0 Å². The molecule has 1 aromatic heterocycles. The van der Waals surface area contributed by atoms with Gasteiger partial charge in [-0.15, -0.1) is 5.10 Å². The van der Waals surface area contributed by atoms with Gasteiger partial charge in [0.1, 0.15) is 5.82 Å². The monoisotopic (exact) mass is 238 g/mol. The van der Waals surface area contributed by atoms with Crippen molar-refractivity contribution in [1.29, 1.82) is 0 Å². The molecule has 6 heteroatoms. The predicted molar refractivity (Wildman–Crippen MR) is 61.6 cm³/mol. The lowest BCUT2D eigenvalue weighted by Gasteiger charge is -2.40. The lowest BCUT2D eigenvalue weighted by atomic mass is 9.77. The van der Waals surface area contributed by atoms with Crippen molar-refractivity contribution in [3.05, 3.63) is 11.6 Å². The lowest BCUT2D eigenvalue weighted by Crippen LogP contribution is -2.56. The average Bonchev–Trinajstić information content (AvgIpc) is 2.72. The smallest absolute Gasteiger partial charge is 0.291 e. The quantitative estimate of drug-likeness (QED) is 0.715. The third-order valence-electron chi connectivity index (χ3n) is 3.24. The van der Waals surface area contributed by atoms with Crippen molar-refractivity contribution in [1.82, 2.24) is 20.5 Å². The van der Waals surface area contributed by atoms with Crippen LogP contribution in [0.5, 0.6) is 0 Å². The van der Waals surface area contributed by atoms with E-state index in [0.717, 1.165) is 19.3 Å². The van der Waals surface area contributed by atoms with Gasteiger partial charge >= 0.3 is 0 Å². The summed E-state index contributed by atoms with van der Waals surface area (Å²) in [6.45, 7) is 3.92. The number of aliphatic hydroxyl groups is 1. The summed E-state index contributed by atoms with van der Waals surface area (Å²) in [5.41, 5.74) is -0.449. The summed E-state index contributed by atoms with van der Waals surface area (Å²) in [4.78, 5) is 16.0. The molecule has 1 fully saturated rings. The maximum absolute atomic E-state index is 11.9. The predicted octanol–water partition coefficient (Wildman–Crippen LogP) is 0.573. The first-order chi connectivity index (χ1) is 8.06. The van der Waals surface area contributed by atoms with Crippen molar-refractivity contribution >= 4 is 5.91 Å². The number of nitrogens with one attached hydrogen (secondary N) is 2. The fourth-order valence-corrected chi connectivity index (χ4v) is 1.86. The molecule has 0 spiro atoms. The lowest BCUT2D eigenvalue weighted by molar-refractivity contribution is 0.0633. The highest BCUT2D eigenvalue weighted by atomic mass is 16.3. The zero-order valence-corrected chi connectivity index (χ0v) is 10.2. The molecule has 0 aliphatic heterocycles. The summed E-state index contributed by atoms with van der Waals surface area (Å²) in [6, 6.07) is 0. The zero-order valence-electron chi connectivity index (χ0n) is 10.2. The van der Waals surface area contributed by atoms with E-state index in [1.54, 1.807) is 0 Å². The summed E-state index contributed by atoms with van der Waals surface area (Å²) in [6.07, 6.45) is 2.67. The van der Waals surface area contributed by atoms with Crippen LogP contribution < -0.4 is 5.32 Å². The molecule has 1 amide bonds. The summed E-state index contributed by atoms with van der Waals surface area (Å²) < 4.78 is 0. The Hall–Kier alpha value is -1.43. The van der Waals surface area contributed by atoms with E-state index < -0.39 is 5.54 Å². The molecular formula is C11H18N4O2. The minimum absolute atomic E-state index is 0.0276. The maximum atomic E-state index is 11.9. The topological polar surface area (TPSA) is 90.9 Å². The first-order valence-electron chi connectivity index (χ1n) is 5.92. The van der Waals surface area contributed by atoms with Gasteiger partial charge < -0.3 is 10.4 Å². The molecule has 2 rings (SSSR count). The summed E-state index contributed by atoms with van der Waals surface area (Å²) >= 11 is 0. The molecule has 3 N–H and O–H groups in total. The third kappa shape index (κ3) is 2.31. The third-order valence-corrected chi connectivity index (χ3v) is 3.24. The number of hydrogen-bond donors (Lipinski definition) is 3. The molecule has 1 aromatic rings. The molecule has 1 saturated carbocycles. The van der Waals surface area contributed by atoms with Gasteiger partial charge in [0.2, 0.25) is 5.82 Å². The Morgan fingerprint density at radius 1 is 1.59 bits per heavy atom. The Balaban J connectivity index is 2.04. The molecule has 0 bridgehead atoms. The summed E-state index contributed by atoms with van der Waals surface area (Å²) in [7, 11) is 0. The molecule has 0 saturated heterocycles. The van der Waals surface area contributed by atoms with Crippen LogP contribution in [0.2, 0.25) is 0 Å². The second kappa shape index (κ2) is 4.44. The van der Waals surface area contributed by atoms with Crippen molar-refractivity contribution in [2.75, 3.05) is 6.61 Å². The van der Waals surface area contributed by atoms with Crippen LogP contribution in [0.4, 0.5) is 0 Å². The standard InChI is InChI=1S/C11H18N4O2/c1-7(2)8-12-9(15-14-8)10(17)13-11(6-16)4-3-5-11/h7,16H,3-6H2,1-2H3,(H,13,17)(H,12,14,15). The number of nitrogens with zero attached hydrogens (tertiary/aromatic N) is 2. The van der Waals surface area contributed by atoms with Gasteiger partial charge in [0.05, 0.1) is 12.1 Å². The Kier molecular flexibility index (Phi) is 3.15. The second-order valence-electron chi connectivity index (χ2n) is 4.95. The highest BCUT2D eigenvalue weighted by Gasteiger charge is 2.38. The van der Waals surface area contributed by atoms with Gasteiger partial charge in [0.15, 0.2) is 0 Å². The van der Waals surface area contributed by atoms with E-state index >= 15 is 0 Å². The Labute approximate surface area is 99.8 Å². The number of rotatable bonds is 4.